The van der Waals surface area contributed by atoms with Gasteiger partial charge in [-0.25, -0.2) is 0 Å². The van der Waals surface area contributed by atoms with E-state index in [9.17, 15) is 0 Å². The van der Waals surface area contributed by atoms with Crippen LogP contribution < -0.4 is 10.6 Å². The molecule has 0 amide bonds. The lowest BCUT2D eigenvalue weighted by molar-refractivity contribution is 0.233. The van der Waals surface area contributed by atoms with Crippen LogP contribution in [0.25, 0.3) is 0 Å². The molecule has 0 aromatic heterocycles. The summed E-state index contributed by atoms with van der Waals surface area (Å²) in [4.78, 5) is 0. The highest BCUT2D eigenvalue weighted by Gasteiger charge is 2.04. The summed E-state index contributed by atoms with van der Waals surface area (Å²) in [7, 11) is 0. The summed E-state index contributed by atoms with van der Waals surface area (Å²) in [5.41, 5.74) is 0. The summed E-state index contributed by atoms with van der Waals surface area (Å²) < 4.78 is 0. The van der Waals surface area contributed by atoms with Gasteiger partial charge >= 0.3 is 0 Å². The highest BCUT2D eigenvalue weighted by Crippen LogP contribution is 1.91. The maximum atomic E-state index is 8.94. The van der Waals surface area contributed by atoms with Gasteiger partial charge in [0.1, 0.15) is 0 Å². The molecule has 4 N–H and O–H groups in total. The van der Waals surface area contributed by atoms with E-state index in [0.29, 0.717) is 0 Å². The van der Waals surface area contributed by atoms with Gasteiger partial charge in [-0.05, 0) is 32.4 Å². The lowest BCUT2D eigenvalue weighted by atomic mass is 10.2. The Bertz CT molecular complexity index is 112. The zero-order valence-corrected chi connectivity index (χ0v) is 10.00. The van der Waals surface area contributed by atoms with Crippen molar-refractivity contribution in [1.82, 2.24) is 10.6 Å². The molecule has 0 aliphatic heterocycles. The summed E-state index contributed by atoms with van der Waals surface area (Å²) in [6, 6.07) is 0.453. The second-order valence-corrected chi connectivity index (χ2v) is 3.84. The third-order valence-corrected chi connectivity index (χ3v) is 2.65. The normalized spacial score (nSPS) is 15.2. The number of aliphatic hydroxyl groups excluding tert-OH is 2. The van der Waals surface area contributed by atoms with Crippen LogP contribution in [0.5, 0.6) is 0 Å². The molecule has 0 saturated heterocycles. The minimum absolute atomic E-state index is 0.207. The van der Waals surface area contributed by atoms with Crippen molar-refractivity contribution in [2.24, 2.45) is 0 Å². The standard InChI is InChI=1S/C11H26N2O2/c1-3-10(8-14)12-6-5-7-13-11(4-2)9-15/h10-15H,3-9H2,1-2H3. The molecule has 0 radical (unpaired) electrons. The smallest absolute Gasteiger partial charge is 0.0584 e. The molecule has 15 heavy (non-hydrogen) atoms. The first-order valence-corrected chi connectivity index (χ1v) is 5.96. The Hall–Kier alpha value is -0.160. The molecule has 0 aliphatic carbocycles. The van der Waals surface area contributed by atoms with Crippen molar-refractivity contribution in [1.29, 1.82) is 0 Å². The molecule has 0 rings (SSSR count). The third-order valence-electron chi connectivity index (χ3n) is 2.65. The SMILES string of the molecule is CCC(CO)NCCCNC(CC)CO. The molecule has 2 unspecified atom stereocenters. The van der Waals surface area contributed by atoms with Crippen LogP contribution in [0, 0.1) is 0 Å². The minimum Gasteiger partial charge on any atom is -0.395 e. The van der Waals surface area contributed by atoms with E-state index in [1.54, 1.807) is 0 Å². The van der Waals surface area contributed by atoms with Crippen LogP contribution in [0.2, 0.25) is 0 Å². The Kier molecular flexibility index (Phi) is 10.3. The summed E-state index contributed by atoms with van der Waals surface area (Å²) in [6.07, 6.45) is 2.93. The van der Waals surface area contributed by atoms with Gasteiger partial charge in [-0.1, -0.05) is 13.8 Å². The fraction of sp³-hybridized carbons (Fsp3) is 1.00. The molecule has 0 bridgehead atoms. The van der Waals surface area contributed by atoms with Crippen LogP contribution in [-0.2, 0) is 0 Å². The second kappa shape index (κ2) is 10.4. The first kappa shape index (κ1) is 14.8. The Balaban J connectivity index is 3.30. The lowest BCUT2D eigenvalue weighted by Gasteiger charge is -2.16. The summed E-state index contributed by atoms with van der Waals surface area (Å²) in [6.45, 7) is 6.36. The molecule has 0 spiro atoms. The van der Waals surface area contributed by atoms with E-state index in [2.05, 4.69) is 24.5 Å². The zero-order valence-electron chi connectivity index (χ0n) is 10.00. The Labute approximate surface area is 93.1 Å². The Morgan fingerprint density at radius 2 is 1.27 bits per heavy atom. The van der Waals surface area contributed by atoms with Gasteiger partial charge in [-0.3, -0.25) is 0 Å². The predicted molar refractivity (Wildman–Crippen MR) is 63.0 cm³/mol. The van der Waals surface area contributed by atoms with Gasteiger partial charge in [0.15, 0.2) is 0 Å². The molecular weight excluding hydrogens is 192 g/mol. The molecule has 0 aromatic carbocycles. The van der Waals surface area contributed by atoms with Gasteiger partial charge in [-0.2, -0.15) is 0 Å². The highest BCUT2D eigenvalue weighted by molar-refractivity contribution is 4.65. The molecule has 0 aliphatic rings. The predicted octanol–water partition coefficient (Wildman–Crippen LogP) is 0.0975. The van der Waals surface area contributed by atoms with Crippen molar-refractivity contribution >= 4 is 0 Å². The van der Waals surface area contributed by atoms with Gasteiger partial charge in [0.2, 0.25) is 0 Å². The summed E-state index contributed by atoms with van der Waals surface area (Å²) >= 11 is 0. The van der Waals surface area contributed by atoms with E-state index in [-0.39, 0.29) is 25.3 Å². The molecule has 4 heteroatoms. The van der Waals surface area contributed by atoms with Crippen LogP contribution >= 0.6 is 0 Å². The summed E-state index contributed by atoms with van der Waals surface area (Å²) in [5, 5.41) is 24.4. The molecule has 2 atom stereocenters. The first-order valence-electron chi connectivity index (χ1n) is 5.96. The van der Waals surface area contributed by atoms with Crippen molar-refractivity contribution < 1.29 is 10.2 Å². The largest absolute Gasteiger partial charge is 0.395 e. The minimum atomic E-state index is 0.207. The highest BCUT2D eigenvalue weighted by atomic mass is 16.3. The Morgan fingerprint density at radius 1 is 0.867 bits per heavy atom. The number of hydrogen-bond acceptors (Lipinski definition) is 4. The van der Waals surface area contributed by atoms with Crippen LogP contribution in [0.4, 0.5) is 0 Å². The molecule has 0 heterocycles. The molecule has 92 valence electrons. The summed E-state index contributed by atoms with van der Waals surface area (Å²) in [5.74, 6) is 0. The first-order chi connectivity index (χ1) is 7.28. The van der Waals surface area contributed by atoms with Crippen molar-refractivity contribution in [3.8, 4) is 0 Å². The van der Waals surface area contributed by atoms with E-state index in [4.69, 9.17) is 10.2 Å². The number of aliphatic hydroxyl groups is 2. The van der Waals surface area contributed by atoms with E-state index >= 15 is 0 Å². The average Bonchev–Trinajstić information content (AvgIpc) is 2.29. The number of hydrogen-bond donors (Lipinski definition) is 4. The van der Waals surface area contributed by atoms with Crippen LogP contribution in [0.3, 0.4) is 0 Å². The van der Waals surface area contributed by atoms with Gasteiger partial charge in [0.05, 0.1) is 13.2 Å². The monoisotopic (exact) mass is 218 g/mol. The number of rotatable bonds is 10. The maximum Gasteiger partial charge on any atom is 0.0584 e. The number of nitrogens with one attached hydrogen (secondary N) is 2. The van der Waals surface area contributed by atoms with E-state index in [1.807, 2.05) is 0 Å². The topological polar surface area (TPSA) is 64.5 Å². The van der Waals surface area contributed by atoms with Crippen LogP contribution in [-0.4, -0.2) is 48.6 Å². The van der Waals surface area contributed by atoms with Gasteiger partial charge in [-0.15, -0.1) is 0 Å². The van der Waals surface area contributed by atoms with Crippen molar-refractivity contribution in [2.45, 2.75) is 45.2 Å². The van der Waals surface area contributed by atoms with Gasteiger partial charge in [0.25, 0.3) is 0 Å². The second-order valence-electron chi connectivity index (χ2n) is 3.84. The third kappa shape index (κ3) is 7.73. The lowest BCUT2D eigenvalue weighted by Crippen LogP contribution is -2.36. The van der Waals surface area contributed by atoms with E-state index in [1.165, 1.54) is 0 Å². The van der Waals surface area contributed by atoms with Gasteiger partial charge < -0.3 is 20.8 Å². The molecule has 0 aromatic rings. The maximum absolute atomic E-state index is 8.94. The molecule has 4 nitrogen and oxygen atoms in total. The fourth-order valence-corrected chi connectivity index (χ4v) is 1.38. The zero-order chi connectivity index (χ0) is 11.5. The molecular formula is C11H26N2O2. The van der Waals surface area contributed by atoms with Crippen molar-refractivity contribution in [2.75, 3.05) is 26.3 Å². The van der Waals surface area contributed by atoms with Crippen molar-refractivity contribution in [3.05, 3.63) is 0 Å². The van der Waals surface area contributed by atoms with Crippen LogP contribution in [0.1, 0.15) is 33.1 Å². The molecule has 0 fully saturated rings. The average molecular weight is 218 g/mol. The fourth-order valence-electron chi connectivity index (χ4n) is 1.38. The Morgan fingerprint density at radius 3 is 1.53 bits per heavy atom. The van der Waals surface area contributed by atoms with E-state index < -0.39 is 0 Å². The quantitative estimate of drug-likeness (QED) is 0.393. The molecule has 0 saturated carbocycles. The van der Waals surface area contributed by atoms with Crippen LogP contribution in [0.15, 0.2) is 0 Å². The van der Waals surface area contributed by atoms with Gasteiger partial charge in [0, 0.05) is 12.1 Å². The van der Waals surface area contributed by atoms with Crippen molar-refractivity contribution in [3.63, 3.8) is 0 Å². The van der Waals surface area contributed by atoms with E-state index in [0.717, 1.165) is 32.4 Å².